The van der Waals surface area contributed by atoms with Crippen LogP contribution in [0.25, 0.3) is 10.9 Å². The van der Waals surface area contributed by atoms with Gasteiger partial charge in [-0.2, -0.15) is 5.26 Å². The Kier molecular flexibility index (Phi) is 6.55. The van der Waals surface area contributed by atoms with Gasteiger partial charge in [0.2, 0.25) is 0 Å². The van der Waals surface area contributed by atoms with Gasteiger partial charge in [0.1, 0.15) is 5.82 Å². The van der Waals surface area contributed by atoms with Crippen LogP contribution in [0, 0.1) is 17.1 Å². The maximum Gasteiger partial charge on any atom is 0.128 e. The molecule has 1 aromatic heterocycles. The summed E-state index contributed by atoms with van der Waals surface area (Å²) in [6.45, 7) is 5.41. The minimum absolute atomic E-state index is 0.263. The molecule has 31 heavy (non-hydrogen) atoms. The summed E-state index contributed by atoms with van der Waals surface area (Å²) in [5, 5.41) is 10.4. The maximum atomic E-state index is 14.6. The van der Waals surface area contributed by atoms with Gasteiger partial charge in [0, 0.05) is 60.1 Å². The molecule has 0 aliphatic carbocycles. The van der Waals surface area contributed by atoms with E-state index in [1.54, 1.807) is 6.07 Å². The zero-order valence-electron chi connectivity index (χ0n) is 18.0. The van der Waals surface area contributed by atoms with Crippen LogP contribution in [0.5, 0.6) is 0 Å². The number of anilines is 1. The third-order valence-electron chi connectivity index (χ3n) is 6.53. The van der Waals surface area contributed by atoms with Crippen LogP contribution >= 0.6 is 0 Å². The Bertz CT molecular complexity index is 1060. The van der Waals surface area contributed by atoms with Gasteiger partial charge < -0.3 is 20.5 Å². The fourth-order valence-corrected chi connectivity index (χ4v) is 4.66. The highest BCUT2D eigenvalue weighted by Crippen LogP contribution is 2.30. The van der Waals surface area contributed by atoms with E-state index in [0.717, 1.165) is 48.9 Å². The summed E-state index contributed by atoms with van der Waals surface area (Å²) < 4.78 is 14.6. The first-order valence-corrected chi connectivity index (χ1v) is 11.1. The number of aromatic amines is 1. The number of benzene rings is 2. The van der Waals surface area contributed by atoms with Crippen LogP contribution in [-0.4, -0.2) is 41.6 Å². The van der Waals surface area contributed by atoms with Crippen molar-refractivity contribution in [2.24, 2.45) is 5.73 Å². The smallest absolute Gasteiger partial charge is 0.128 e. The molecule has 1 saturated heterocycles. The van der Waals surface area contributed by atoms with Crippen molar-refractivity contribution in [1.82, 2.24) is 9.88 Å². The summed E-state index contributed by atoms with van der Waals surface area (Å²) in [5.41, 5.74) is 8.98. The zero-order chi connectivity index (χ0) is 21.8. The van der Waals surface area contributed by atoms with Gasteiger partial charge in [-0.25, -0.2) is 4.39 Å². The summed E-state index contributed by atoms with van der Waals surface area (Å²) in [5.74, 6) is -0.263. The molecule has 2 heterocycles. The fourth-order valence-electron chi connectivity index (χ4n) is 4.66. The number of hydrogen-bond donors (Lipinski definition) is 2. The molecule has 3 N–H and O–H groups in total. The van der Waals surface area contributed by atoms with Crippen molar-refractivity contribution in [2.45, 2.75) is 44.8 Å². The molecule has 5 nitrogen and oxygen atoms in total. The van der Waals surface area contributed by atoms with Crippen LogP contribution in [0.4, 0.5) is 10.1 Å². The van der Waals surface area contributed by atoms with Crippen LogP contribution in [0.3, 0.4) is 0 Å². The Morgan fingerprint density at radius 2 is 2.03 bits per heavy atom. The number of nitrogens with two attached hydrogens (primary N) is 1. The van der Waals surface area contributed by atoms with Gasteiger partial charge in [0.05, 0.1) is 11.6 Å². The van der Waals surface area contributed by atoms with E-state index in [0.29, 0.717) is 36.3 Å². The second kappa shape index (κ2) is 9.51. The van der Waals surface area contributed by atoms with Crippen LogP contribution in [0.15, 0.2) is 48.7 Å². The number of aromatic nitrogens is 1. The summed E-state index contributed by atoms with van der Waals surface area (Å²) in [7, 11) is 0. The van der Waals surface area contributed by atoms with Crippen molar-refractivity contribution < 1.29 is 4.39 Å². The number of piperidine rings is 1. The largest absolute Gasteiger partial charge is 0.364 e. The standard InChI is InChI=1S/C25H30FN5/c1-18(6-10-27)30-12-8-22(9-13-30)31(17-21-14-19(16-28)2-4-24(21)26)23-3-5-25-20(15-23)7-11-29-25/h2-5,7,11,14-15,18,22,29H,6,8-10,12-13,17,27H2,1H3. The Morgan fingerprint density at radius 3 is 2.77 bits per heavy atom. The monoisotopic (exact) mass is 419 g/mol. The Hall–Kier alpha value is -2.88. The predicted molar refractivity (Wildman–Crippen MR) is 123 cm³/mol. The number of rotatable bonds is 7. The highest BCUT2D eigenvalue weighted by Gasteiger charge is 2.27. The van der Waals surface area contributed by atoms with Gasteiger partial charge in [-0.3, -0.25) is 0 Å². The van der Waals surface area contributed by atoms with Gasteiger partial charge in [0.25, 0.3) is 0 Å². The normalized spacial score (nSPS) is 16.3. The average Bonchev–Trinajstić information content (AvgIpc) is 3.27. The molecule has 0 saturated carbocycles. The van der Waals surface area contributed by atoms with E-state index in [-0.39, 0.29) is 5.82 Å². The lowest BCUT2D eigenvalue weighted by molar-refractivity contribution is 0.154. The number of halogens is 1. The number of likely N-dealkylation sites (tertiary alicyclic amines) is 1. The molecule has 3 aromatic rings. The van der Waals surface area contributed by atoms with Gasteiger partial charge >= 0.3 is 0 Å². The molecule has 0 bridgehead atoms. The lowest BCUT2D eigenvalue weighted by Gasteiger charge is -2.42. The first kappa shape index (κ1) is 21.4. The van der Waals surface area contributed by atoms with Crippen LogP contribution in [-0.2, 0) is 6.54 Å². The summed E-state index contributed by atoms with van der Waals surface area (Å²) in [4.78, 5) is 8.06. The number of nitrogens with zero attached hydrogens (tertiary/aromatic N) is 3. The van der Waals surface area contributed by atoms with Crippen molar-refractivity contribution in [1.29, 1.82) is 5.26 Å². The third kappa shape index (κ3) is 4.73. The molecule has 1 unspecified atom stereocenters. The molecular formula is C25H30FN5. The van der Waals surface area contributed by atoms with Gasteiger partial charge in [-0.05, 0) is 75.2 Å². The molecule has 6 heteroatoms. The molecule has 1 aliphatic rings. The summed E-state index contributed by atoms with van der Waals surface area (Å²) in [6, 6.07) is 16.0. The molecule has 1 fully saturated rings. The van der Waals surface area contributed by atoms with E-state index < -0.39 is 0 Å². The maximum absolute atomic E-state index is 14.6. The van der Waals surface area contributed by atoms with Crippen molar-refractivity contribution in [3.8, 4) is 6.07 Å². The van der Waals surface area contributed by atoms with Crippen molar-refractivity contribution in [3.63, 3.8) is 0 Å². The van der Waals surface area contributed by atoms with E-state index in [4.69, 9.17) is 5.73 Å². The Balaban J connectivity index is 1.61. The molecule has 162 valence electrons. The Morgan fingerprint density at radius 1 is 1.23 bits per heavy atom. The van der Waals surface area contributed by atoms with Crippen molar-refractivity contribution in [2.75, 3.05) is 24.5 Å². The van der Waals surface area contributed by atoms with Gasteiger partial charge in [0.15, 0.2) is 0 Å². The minimum atomic E-state index is -0.263. The molecule has 0 radical (unpaired) electrons. The van der Waals surface area contributed by atoms with E-state index in [9.17, 15) is 9.65 Å². The highest BCUT2D eigenvalue weighted by atomic mass is 19.1. The van der Waals surface area contributed by atoms with Gasteiger partial charge in [-0.15, -0.1) is 0 Å². The van der Waals surface area contributed by atoms with E-state index in [1.807, 2.05) is 6.20 Å². The average molecular weight is 420 g/mol. The molecule has 0 spiro atoms. The number of hydrogen-bond acceptors (Lipinski definition) is 4. The number of nitriles is 1. The van der Waals surface area contributed by atoms with Crippen LogP contribution < -0.4 is 10.6 Å². The fraction of sp³-hybridized carbons (Fsp3) is 0.400. The van der Waals surface area contributed by atoms with E-state index in [1.165, 1.54) is 12.1 Å². The molecule has 2 aromatic carbocycles. The summed E-state index contributed by atoms with van der Waals surface area (Å²) >= 11 is 0. The third-order valence-corrected chi connectivity index (χ3v) is 6.53. The second-order valence-electron chi connectivity index (χ2n) is 8.49. The molecule has 1 aliphatic heterocycles. The van der Waals surface area contributed by atoms with Crippen LogP contribution in [0.1, 0.15) is 37.3 Å². The minimum Gasteiger partial charge on any atom is -0.364 e. The quantitative estimate of drug-likeness (QED) is 0.596. The molecule has 1 atom stereocenters. The first-order valence-electron chi connectivity index (χ1n) is 11.1. The predicted octanol–water partition coefficient (Wildman–Crippen LogP) is 4.39. The second-order valence-corrected chi connectivity index (χ2v) is 8.49. The van der Waals surface area contributed by atoms with E-state index >= 15 is 0 Å². The number of fused-ring (bicyclic) bond motifs is 1. The molecule has 0 amide bonds. The lowest BCUT2D eigenvalue weighted by atomic mass is 9.98. The van der Waals surface area contributed by atoms with Gasteiger partial charge in [-0.1, -0.05) is 0 Å². The summed E-state index contributed by atoms with van der Waals surface area (Å²) in [6.07, 6.45) is 4.97. The SMILES string of the molecule is CC(CCN)N1CCC(N(Cc2cc(C#N)ccc2F)c2ccc3[nH]ccc3c2)CC1. The number of nitrogens with one attached hydrogen (secondary N) is 1. The number of H-pyrrole nitrogens is 1. The highest BCUT2D eigenvalue weighted by molar-refractivity contribution is 5.83. The topological polar surface area (TPSA) is 72.1 Å². The molecular weight excluding hydrogens is 389 g/mol. The van der Waals surface area contributed by atoms with Crippen molar-refractivity contribution in [3.05, 3.63) is 65.6 Å². The first-order chi connectivity index (χ1) is 15.1. The Labute approximate surface area is 183 Å². The van der Waals surface area contributed by atoms with Crippen LogP contribution in [0.2, 0.25) is 0 Å². The van der Waals surface area contributed by atoms with E-state index in [2.05, 4.69) is 52.0 Å². The zero-order valence-corrected chi connectivity index (χ0v) is 18.0. The lowest BCUT2D eigenvalue weighted by Crippen LogP contribution is -2.47. The van der Waals surface area contributed by atoms with Crippen molar-refractivity contribution >= 4 is 16.6 Å². The molecule has 4 rings (SSSR count).